The molecule has 2 aliphatic rings. The zero-order valence-electron chi connectivity index (χ0n) is 7.67. The predicted molar refractivity (Wildman–Crippen MR) is 48.6 cm³/mol. The van der Waals surface area contributed by atoms with Gasteiger partial charge in [0.2, 0.25) is 0 Å². The third kappa shape index (κ3) is 2.46. The molecule has 0 N–H and O–H groups in total. The van der Waals surface area contributed by atoms with Crippen molar-refractivity contribution in [2.75, 3.05) is 26.3 Å². The third-order valence-electron chi connectivity index (χ3n) is 2.77. The molecule has 2 rings (SSSR count). The molecule has 70 valence electrons. The van der Waals surface area contributed by atoms with Crippen molar-refractivity contribution in [3.8, 4) is 0 Å². The van der Waals surface area contributed by atoms with Crippen molar-refractivity contribution >= 4 is 0 Å². The first-order valence-electron chi connectivity index (χ1n) is 4.98. The number of hydrogen-bond acceptors (Lipinski definition) is 2. The maximum atomic E-state index is 5.64. The molecule has 0 aromatic rings. The molecule has 0 aromatic carbocycles. The molecule has 2 heteroatoms. The van der Waals surface area contributed by atoms with E-state index in [1.165, 1.54) is 19.3 Å². The van der Waals surface area contributed by atoms with Crippen LogP contribution in [0.2, 0.25) is 0 Å². The molecule has 12 heavy (non-hydrogen) atoms. The van der Waals surface area contributed by atoms with E-state index in [9.17, 15) is 0 Å². The lowest BCUT2D eigenvalue weighted by Gasteiger charge is -2.16. The highest BCUT2D eigenvalue weighted by Crippen LogP contribution is 2.29. The molecule has 1 aliphatic heterocycles. The van der Waals surface area contributed by atoms with Gasteiger partial charge in [-0.2, -0.15) is 0 Å². The molecule has 2 fully saturated rings. The van der Waals surface area contributed by atoms with Crippen LogP contribution in [0.3, 0.4) is 0 Å². The summed E-state index contributed by atoms with van der Waals surface area (Å²) in [6.07, 6.45) is 4.06. The first-order valence-corrected chi connectivity index (χ1v) is 4.98. The van der Waals surface area contributed by atoms with Crippen LogP contribution in [0.25, 0.3) is 0 Å². The molecule has 0 aromatic heterocycles. The van der Waals surface area contributed by atoms with Crippen LogP contribution in [0.4, 0.5) is 0 Å². The standard InChI is InChI=1S/C10H18NO/c1-11-5-4-10(6-11)8-12-7-9-2-3-9/h9-10H,1-8H2/q-1. The minimum absolute atomic E-state index is 0.751. The summed E-state index contributed by atoms with van der Waals surface area (Å²) in [7, 11) is 3.92. The molecule has 2 nitrogen and oxygen atoms in total. The summed E-state index contributed by atoms with van der Waals surface area (Å²) in [5.74, 6) is 1.66. The quantitative estimate of drug-likeness (QED) is 0.590. The lowest BCUT2D eigenvalue weighted by Crippen LogP contribution is -2.15. The summed E-state index contributed by atoms with van der Waals surface area (Å²) in [6.45, 7) is 4.25. The minimum atomic E-state index is 0.751. The molecule has 1 aliphatic carbocycles. The van der Waals surface area contributed by atoms with Crippen LogP contribution in [0.5, 0.6) is 0 Å². The Morgan fingerprint density at radius 3 is 2.50 bits per heavy atom. The first-order chi connectivity index (χ1) is 5.84. The van der Waals surface area contributed by atoms with Gasteiger partial charge >= 0.3 is 0 Å². The molecule has 1 unspecified atom stereocenters. The molecular formula is C10H18NO-. The van der Waals surface area contributed by atoms with E-state index in [1.54, 1.807) is 0 Å². The van der Waals surface area contributed by atoms with Crippen LogP contribution in [0, 0.1) is 18.9 Å². The molecule has 1 saturated carbocycles. The fourth-order valence-corrected chi connectivity index (χ4v) is 1.73. The van der Waals surface area contributed by atoms with Crippen LogP contribution < -0.4 is 0 Å². The molecule has 1 atom stereocenters. The minimum Gasteiger partial charge on any atom is -0.459 e. The van der Waals surface area contributed by atoms with Gasteiger partial charge in [-0.15, -0.1) is 0 Å². The molecule has 0 bridgehead atoms. The first kappa shape index (κ1) is 8.52. The van der Waals surface area contributed by atoms with Gasteiger partial charge in [-0.05, 0) is 44.2 Å². The second-order valence-corrected chi connectivity index (χ2v) is 4.21. The van der Waals surface area contributed by atoms with Crippen molar-refractivity contribution in [3.63, 3.8) is 0 Å². The summed E-state index contributed by atoms with van der Waals surface area (Å²) in [5, 5.41) is 0. The molecule has 1 heterocycles. The Morgan fingerprint density at radius 2 is 1.92 bits per heavy atom. The van der Waals surface area contributed by atoms with Crippen molar-refractivity contribution in [1.82, 2.24) is 4.90 Å². The van der Waals surface area contributed by atoms with E-state index < -0.39 is 0 Å². The molecule has 0 amide bonds. The number of rotatable bonds is 4. The summed E-state index contributed by atoms with van der Waals surface area (Å²) < 4.78 is 5.64. The topological polar surface area (TPSA) is 12.5 Å². The average molecular weight is 168 g/mol. The van der Waals surface area contributed by atoms with Crippen molar-refractivity contribution in [1.29, 1.82) is 0 Å². The van der Waals surface area contributed by atoms with Crippen LogP contribution in [-0.2, 0) is 4.74 Å². The highest BCUT2D eigenvalue weighted by molar-refractivity contribution is 4.76. The van der Waals surface area contributed by atoms with E-state index in [-0.39, 0.29) is 0 Å². The van der Waals surface area contributed by atoms with Crippen molar-refractivity contribution in [3.05, 3.63) is 7.05 Å². The van der Waals surface area contributed by atoms with Crippen molar-refractivity contribution in [2.45, 2.75) is 19.3 Å². The number of hydrogen-bond donors (Lipinski definition) is 0. The maximum absolute atomic E-state index is 5.64. The van der Waals surface area contributed by atoms with Crippen LogP contribution in [-0.4, -0.2) is 31.2 Å². The Morgan fingerprint density at radius 1 is 1.17 bits per heavy atom. The zero-order chi connectivity index (χ0) is 8.39. The largest absolute Gasteiger partial charge is 0.459 e. The number of nitrogens with zero attached hydrogens (tertiary/aromatic N) is 1. The predicted octanol–water partition coefficient (Wildman–Crippen LogP) is 1.53. The molecule has 1 saturated heterocycles. The van der Waals surface area contributed by atoms with Crippen molar-refractivity contribution < 1.29 is 4.74 Å². The van der Waals surface area contributed by atoms with Crippen molar-refractivity contribution in [2.24, 2.45) is 11.8 Å². The van der Waals surface area contributed by atoms with Gasteiger partial charge in [0.05, 0.1) is 6.61 Å². The molecule has 0 radical (unpaired) electrons. The highest BCUT2D eigenvalue weighted by Gasteiger charge is 2.22. The SMILES string of the molecule is [CH2-]N1CCC(COCC2CC2)C1. The van der Waals surface area contributed by atoms with Gasteiger partial charge in [-0.25, -0.2) is 0 Å². The summed E-state index contributed by atoms with van der Waals surface area (Å²) in [6, 6.07) is 0. The fourth-order valence-electron chi connectivity index (χ4n) is 1.73. The van der Waals surface area contributed by atoms with E-state index in [0.29, 0.717) is 0 Å². The van der Waals surface area contributed by atoms with E-state index in [2.05, 4.69) is 11.9 Å². The fraction of sp³-hybridized carbons (Fsp3) is 0.900. The summed E-state index contributed by atoms with van der Waals surface area (Å²) in [5.41, 5.74) is 0. The zero-order valence-corrected chi connectivity index (χ0v) is 7.67. The maximum Gasteiger partial charge on any atom is 0.0506 e. The van der Waals surface area contributed by atoms with E-state index in [4.69, 9.17) is 4.74 Å². The second kappa shape index (κ2) is 3.75. The van der Waals surface area contributed by atoms with E-state index >= 15 is 0 Å². The van der Waals surface area contributed by atoms with E-state index in [0.717, 1.165) is 38.1 Å². The lowest BCUT2D eigenvalue weighted by molar-refractivity contribution is 0.0944. The molecule has 0 spiro atoms. The highest BCUT2D eigenvalue weighted by atomic mass is 16.5. The monoisotopic (exact) mass is 168 g/mol. The van der Waals surface area contributed by atoms with Gasteiger partial charge in [0, 0.05) is 6.61 Å². The van der Waals surface area contributed by atoms with Gasteiger partial charge in [0.1, 0.15) is 0 Å². The third-order valence-corrected chi connectivity index (χ3v) is 2.77. The van der Waals surface area contributed by atoms with Crippen LogP contribution in [0.15, 0.2) is 0 Å². The Kier molecular flexibility index (Phi) is 2.66. The summed E-state index contributed by atoms with van der Waals surface area (Å²) in [4.78, 5) is 2.14. The van der Waals surface area contributed by atoms with Gasteiger partial charge in [0.15, 0.2) is 0 Å². The Balaban J connectivity index is 1.54. The average Bonchev–Trinajstić information content (AvgIpc) is 2.76. The van der Waals surface area contributed by atoms with Gasteiger partial charge in [-0.3, -0.25) is 7.05 Å². The van der Waals surface area contributed by atoms with Gasteiger partial charge in [0.25, 0.3) is 0 Å². The smallest absolute Gasteiger partial charge is 0.0506 e. The molecular weight excluding hydrogens is 150 g/mol. The number of ether oxygens (including phenoxy) is 1. The second-order valence-electron chi connectivity index (χ2n) is 4.21. The van der Waals surface area contributed by atoms with Gasteiger partial charge < -0.3 is 9.64 Å². The van der Waals surface area contributed by atoms with Crippen LogP contribution in [0.1, 0.15) is 19.3 Å². The van der Waals surface area contributed by atoms with Crippen LogP contribution >= 0.6 is 0 Å². The Hall–Kier alpha value is -0.0800. The normalized spacial score (nSPS) is 31.2. The lowest BCUT2D eigenvalue weighted by atomic mass is 10.1. The van der Waals surface area contributed by atoms with E-state index in [1.807, 2.05) is 0 Å². The Bertz CT molecular complexity index is 145. The number of likely N-dealkylation sites (tertiary alicyclic amines) is 1. The van der Waals surface area contributed by atoms with Gasteiger partial charge in [-0.1, -0.05) is 0 Å². The Labute approximate surface area is 74.9 Å². The summed E-state index contributed by atoms with van der Waals surface area (Å²) >= 11 is 0.